The number of amides is 1. The number of rotatable bonds is 5. The zero-order valence-electron chi connectivity index (χ0n) is 13.0. The number of nitrogens with zero attached hydrogens (tertiary/aromatic N) is 1. The van der Waals surface area contributed by atoms with E-state index in [1.54, 1.807) is 12.5 Å². The maximum absolute atomic E-state index is 13.1. The van der Waals surface area contributed by atoms with Crippen LogP contribution in [0.2, 0.25) is 5.02 Å². The number of furan rings is 1. The number of hydrogen-bond donors (Lipinski definition) is 1. The number of carbonyl (C=O) groups is 1. The maximum Gasteiger partial charge on any atom is 0.252 e. The van der Waals surface area contributed by atoms with Gasteiger partial charge in [-0.05, 0) is 24.3 Å². The molecule has 128 valence electrons. The van der Waals surface area contributed by atoms with Crippen molar-refractivity contribution in [3.05, 3.63) is 58.8 Å². The first kappa shape index (κ1) is 17.3. The van der Waals surface area contributed by atoms with Crippen molar-refractivity contribution in [2.45, 2.75) is 6.04 Å². The van der Waals surface area contributed by atoms with E-state index in [9.17, 15) is 9.18 Å². The highest BCUT2D eigenvalue weighted by Gasteiger charge is 2.24. The molecular formula is C17H18ClFN2O2S. The Bertz CT molecular complexity index is 690. The van der Waals surface area contributed by atoms with E-state index in [-0.39, 0.29) is 22.5 Å². The van der Waals surface area contributed by atoms with Crippen molar-refractivity contribution < 1.29 is 13.6 Å². The standard InChI is InChI=1S/C17H18ClFN2O2S/c18-15-9-13(19)1-2-14(15)17(22)20-10-16(12-3-6-23-11-12)21-4-7-24-8-5-21/h1-3,6,9,11,16H,4-5,7-8,10H2,(H,20,22). The fraction of sp³-hybridized carbons (Fsp3) is 0.353. The van der Waals surface area contributed by atoms with Crippen LogP contribution >= 0.6 is 23.4 Å². The summed E-state index contributed by atoms with van der Waals surface area (Å²) in [4.78, 5) is 14.7. The Morgan fingerprint density at radius 2 is 2.17 bits per heavy atom. The first-order chi connectivity index (χ1) is 11.6. The molecule has 1 N–H and O–H groups in total. The molecule has 1 amide bonds. The molecule has 1 saturated heterocycles. The summed E-state index contributed by atoms with van der Waals surface area (Å²) < 4.78 is 18.3. The van der Waals surface area contributed by atoms with Gasteiger partial charge in [0, 0.05) is 36.7 Å². The molecule has 1 fully saturated rings. The molecule has 3 rings (SSSR count). The van der Waals surface area contributed by atoms with Crippen LogP contribution in [0.4, 0.5) is 4.39 Å². The average molecular weight is 369 g/mol. The molecule has 1 aliphatic rings. The van der Waals surface area contributed by atoms with Crippen LogP contribution in [-0.2, 0) is 0 Å². The van der Waals surface area contributed by atoms with Crippen molar-refractivity contribution in [2.24, 2.45) is 0 Å². The normalized spacial score (nSPS) is 16.8. The first-order valence-corrected chi connectivity index (χ1v) is 9.25. The molecule has 0 saturated carbocycles. The van der Waals surface area contributed by atoms with E-state index >= 15 is 0 Å². The molecule has 1 atom stereocenters. The second-order valence-electron chi connectivity index (χ2n) is 5.56. The van der Waals surface area contributed by atoms with Crippen molar-refractivity contribution in [2.75, 3.05) is 31.1 Å². The molecule has 24 heavy (non-hydrogen) atoms. The van der Waals surface area contributed by atoms with Gasteiger partial charge in [0.2, 0.25) is 0 Å². The van der Waals surface area contributed by atoms with Gasteiger partial charge in [0.25, 0.3) is 5.91 Å². The fourth-order valence-corrected chi connectivity index (χ4v) is 3.95. The number of halogens is 2. The predicted molar refractivity (Wildman–Crippen MR) is 94.1 cm³/mol. The van der Waals surface area contributed by atoms with E-state index in [1.165, 1.54) is 12.1 Å². The Balaban J connectivity index is 1.70. The highest BCUT2D eigenvalue weighted by molar-refractivity contribution is 7.99. The Labute approximate surface area is 149 Å². The van der Waals surface area contributed by atoms with Crippen LogP contribution < -0.4 is 5.32 Å². The Kier molecular flexibility index (Phi) is 5.81. The fourth-order valence-electron chi connectivity index (χ4n) is 2.77. The summed E-state index contributed by atoms with van der Waals surface area (Å²) in [5, 5.41) is 3.02. The number of thioether (sulfide) groups is 1. The summed E-state index contributed by atoms with van der Waals surface area (Å²) in [5.41, 5.74) is 1.31. The third kappa shape index (κ3) is 4.12. The van der Waals surface area contributed by atoms with Crippen LogP contribution in [0.5, 0.6) is 0 Å². The average Bonchev–Trinajstić information content (AvgIpc) is 3.10. The van der Waals surface area contributed by atoms with Gasteiger partial charge in [-0.1, -0.05) is 11.6 Å². The summed E-state index contributed by atoms with van der Waals surface area (Å²) in [6.07, 6.45) is 3.35. The van der Waals surface area contributed by atoms with Crippen molar-refractivity contribution in [3.8, 4) is 0 Å². The molecule has 0 radical (unpaired) electrons. The van der Waals surface area contributed by atoms with E-state index in [1.807, 2.05) is 17.8 Å². The largest absolute Gasteiger partial charge is 0.472 e. The molecule has 0 aliphatic carbocycles. The zero-order chi connectivity index (χ0) is 16.9. The maximum atomic E-state index is 13.1. The Morgan fingerprint density at radius 1 is 1.38 bits per heavy atom. The van der Waals surface area contributed by atoms with Crippen LogP contribution in [0.3, 0.4) is 0 Å². The molecule has 1 unspecified atom stereocenters. The van der Waals surface area contributed by atoms with Crippen LogP contribution in [-0.4, -0.2) is 41.9 Å². The Hall–Kier alpha value is -1.50. The van der Waals surface area contributed by atoms with Crippen molar-refractivity contribution >= 4 is 29.3 Å². The quantitative estimate of drug-likeness (QED) is 0.876. The van der Waals surface area contributed by atoms with Gasteiger partial charge < -0.3 is 9.73 Å². The van der Waals surface area contributed by atoms with Crippen LogP contribution in [0.25, 0.3) is 0 Å². The number of nitrogens with one attached hydrogen (secondary N) is 1. The minimum absolute atomic E-state index is 0.0489. The summed E-state index contributed by atoms with van der Waals surface area (Å²) >= 11 is 7.89. The van der Waals surface area contributed by atoms with Gasteiger partial charge in [-0.15, -0.1) is 0 Å². The van der Waals surface area contributed by atoms with Crippen LogP contribution in [0.15, 0.2) is 41.2 Å². The molecule has 7 heteroatoms. The lowest BCUT2D eigenvalue weighted by Gasteiger charge is -2.34. The lowest BCUT2D eigenvalue weighted by molar-refractivity contribution is 0.0935. The van der Waals surface area contributed by atoms with E-state index in [2.05, 4.69) is 10.2 Å². The summed E-state index contributed by atoms with van der Waals surface area (Å²) in [7, 11) is 0. The van der Waals surface area contributed by atoms with Gasteiger partial charge in [0.05, 0.1) is 29.2 Å². The molecule has 0 spiro atoms. The number of hydrogen-bond acceptors (Lipinski definition) is 4. The lowest BCUT2D eigenvalue weighted by Crippen LogP contribution is -2.42. The van der Waals surface area contributed by atoms with E-state index < -0.39 is 5.82 Å². The van der Waals surface area contributed by atoms with Crippen molar-refractivity contribution in [1.29, 1.82) is 0 Å². The SMILES string of the molecule is O=C(NCC(c1ccoc1)N1CCSCC1)c1ccc(F)cc1Cl. The molecular weight excluding hydrogens is 351 g/mol. The highest BCUT2D eigenvalue weighted by Crippen LogP contribution is 2.24. The molecule has 1 aliphatic heterocycles. The van der Waals surface area contributed by atoms with Gasteiger partial charge in [-0.3, -0.25) is 9.69 Å². The van der Waals surface area contributed by atoms with Gasteiger partial charge in [0.15, 0.2) is 0 Å². The summed E-state index contributed by atoms with van der Waals surface area (Å²) in [6.45, 7) is 2.37. The Morgan fingerprint density at radius 3 is 2.83 bits per heavy atom. The van der Waals surface area contributed by atoms with Gasteiger partial charge in [-0.25, -0.2) is 4.39 Å². The topological polar surface area (TPSA) is 45.5 Å². The third-order valence-corrected chi connectivity index (χ3v) is 5.30. The van der Waals surface area contributed by atoms with Crippen molar-refractivity contribution in [1.82, 2.24) is 10.2 Å². The van der Waals surface area contributed by atoms with E-state index in [0.717, 1.165) is 36.2 Å². The molecule has 2 aromatic rings. The van der Waals surface area contributed by atoms with E-state index in [4.69, 9.17) is 16.0 Å². The van der Waals surface area contributed by atoms with Gasteiger partial charge in [0.1, 0.15) is 5.82 Å². The number of benzene rings is 1. The smallest absolute Gasteiger partial charge is 0.252 e. The van der Waals surface area contributed by atoms with Gasteiger partial charge in [-0.2, -0.15) is 11.8 Å². The monoisotopic (exact) mass is 368 g/mol. The first-order valence-electron chi connectivity index (χ1n) is 7.72. The second kappa shape index (κ2) is 8.05. The third-order valence-electron chi connectivity index (χ3n) is 4.05. The summed E-state index contributed by atoms with van der Waals surface area (Å²) in [5.74, 6) is 1.39. The minimum Gasteiger partial charge on any atom is -0.472 e. The summed E-state index contributed by atoms with van der Waals surface area (Å²) in [6, 6.07) is 5.75. The zero-order valence-corrected chi connectivity index (χ0v) is 14.6. The molecule has 1 aromatic heterocycles. The van der Waals surface area contributed by atoms with E-state index in [0.29, 0.717) is 6.54 Å². The molecule has 0 bridgehead atoms. The second-order valence-corrected chi connectivity index (χ2v) is 7.19. The van der Waals surface area contributed by atoms with Crippen molar-refractivity contribution in [3.63, 3.8) is 0 Å². The molecule has 4 nitrogen and oxygen atoms in total. The predicted octanol–water partition coefficient (Wildman–Crippen LogP) is 3.59. The molecule has 2 heterocycles. The van der Waals surface area contributed by atoms with Crippen LogP contribution in [0, 0.1) is 5.82 Å². The highest BCUT2D eigenvalue weighted by atomic mass is 35.5. The van der Waals surface area contributed by atoms with Crippen LogP contribution in [0.1, 0.15) is 22.0 Å². The lowest BCUT2D eigenvalue weighted by atomic mass is 10.1. The van der Waals surface area contributed by atoms with Gasteiger partial charge >= 0.3 is 0 Å². The molecule has 1 aromatic carbocycles. The number of carbonyl (C=O) groups excluding carboxylic acids is 1. The minimum atomic E-state index is -0.460.